The molecule has 2 atom stereocenters. The summed E-state index contributed by atoms with van der Waals surface area (Å²) in [5, 5.41) is 3.18. The summed E-state index contributed by atoms with van der Waals surface area (Å²) in [5.41, 5.74) is 0. The maximum absolute atomic E-state index is 14.1. The maximum atomic E-state index is 14.1. The standard InChI is InChI=1S/C19H19OP/c20-21(17-7-3-1-4-8-17,18-9-5-2-6-10-18)19-14-15-11-12-16(19)13-15/h1-10,14-16H,11-13H2. The first-order valence-corrected chi connectivity index (χ1v) is 9.43. The molecule has 0 aromatic heterocycles. The smallest absolute Gasteiger partial charge is 0.167 e. The van der Waals surface area contributed by atoms with E-state index in [2.05, 4.69) is 6.08 Å². The van der Waals surface area contributed by atoms with Crippen molar-refractivity contribution in [2.45, 2.75) is 19.3 Å². The Hall–Kier alpha value is -1.59. The Morgan fingerprint density at radius 3 is 1.81 bits per heavy atom. The molecule has 0 heterocycles. The van der Waals surface area contributed by atoms with Gasteiger partial charge in [-0.1, -0.05) is 66.7 Å². The molecule has 0 radical (unpaired) electrons. The van der Waals surface area contributed by atoms with Gasteiger partial charge < -0.3 is 4.57 Å². The minimum absolute atomic E-state index is 0.529. The average molecular weight is 294 g/mol. The van der Waals surface area contributed by atoms with Crippen molar-refractivity contribution in [3.05, 3.63) is 72.1 Å². The predicted octanol–water partition coefficient (Wildman–Crippen LogP) is 4.31. The highest BCUT2D eigenvalue weighted by atomic mass is 31.2. The minimum Gasteiger partial charge on any atom is -0.309 e. The van der Waals surface area contributed by atoms with Gasteiger partial charge in [0.1, 0.15) is 0 Å². The van der Waals surface area contributed by atoms with E-state index in [4.69, 9.17) is 0 Å². The van der Waals surface area contributed by atoms with E-state index in [1.807, 2.05) is 60.7 Å². The van der Waals surface area contributed by atoms with Gasteiger partial charge in [-0.3, -0.25) is 0 Å². The van der Waals surface area contributed by atoms with E-state index in [1.54, 1.807) is 0 Å². The van der Waals surface area contributed by atoms with E-state index in [0.717, 1.165) is 10.6 Å². The summed E-state index contributed by atoms with van der Waals surface area (Å²) < 4.78 is 14.1. The Morgan fingerprint density at radius 1 is 0.810 bits per heavy atom. The summed E-state index contributed by atoms with van der Waals surface area (Å²) in [6, 6.07) is 20.1. The highest BCUT2D eigenvalue weighted by Gasteiger charge is 2.43. The monoisotopic (exact) mass is 294 g/mol. The molecule has 2 heteroatoms. The first kappa shape index (κ1) is 13.1. The molecule has 0 saturated heterocycles. The first-order valence-electron chi connectivity index (χ1n) is 7.72. The molecule has 0 spiro atoms. The lowest BCUT2D eigenvalue weighted by atomic mass is 10.1. The van der Waals surface area contributed by atoms with Gasteiger partial charge in [0.15, 0.2) is 7.14 Å². The van der Waals surface area contributed by atoms with Crippen LogP contribution in [0.3, 0.4) is 0 Å². The first-order chi connectivity index (χ1) is 10.3. The number of allylic oxidation sites excluding steroid dienone is 2. The van der Waals surface area contributed by atoms with Crippen LogP contribution >= 0.6 is 7.14 Å². The summed E-state index contributed by atoms with van der Waals surface area (Å²) in [4.78, 5) is 0. The number of benzene rings is 2. The SMILES string of the molecule is O=P(C1=CC2CCC1C2)(c1ccccc1)c1ccccc1. The fourth-order valence-electron chi connectivity index (χ4n) is 3.90. The molecule has 0 N–H and O–H groups in total. The van der Waals surface area contributed by atoms with Crippen molar-refractivity contribution >= 4 is 17.8 Å². The van der Waals surface area contributed by atoms with Crippen LogP contribution in [0.15, 0.2) is 72.1 Å². The Kier molecular flexibility index (Phi) is 3.12. The van der Waals surface area contributed by atoms with Crippen LogP contribution in [0.1, 0.15) is 19.3 Å². The van der Waals surface area contributed by atoms with Gasteiger partial charge in [0.25, 0.3) is 0 Å². The van der Waals surface area contributed by atoms with E-state index in [9.17, 15) is 4.57 Å². The number of hydrogen-bond donors (Lipinski definition) is 0. The summed E-state index contributed by atoms with van der Waals surface area (Å²) in [6.45, 7) is 0. The van der Waals surface area contributed by atoms with Crippen LogP contribution in [-0.4, -0.2) is 0 Å². The zero-order valence-corrected chi connectivity index (χ0v) is 12.9. The van der Waals surface area contributed by atoms with E-state index in [-0.39, 0.29) is 0 Å². The molecule has 2 aromatic rings. The summed E-state index contributed by atoms with van der Waals surface area (Å²) in [6.07, 6.45) is 6.02. The van der Waals surface area contributed by atoms with Gasteiger partial charge in [0, 0.05) is 10.6 Å². The third kappa shape index (κ3) is 2.03. The van der Waals surface area contributed by atoms with Crippen LogP contribution in [0.2, 0.25) is 0 Å². The average Bonchev–Trinajstić information content (AvgIpc) is 3.19. The third-order valence-electron chi connectivity index (χ3n) is 4.90. The molecule has 1 fully saturated rings. The lowest BCUT2D eigenvalue weighted by Gasteiger charge is -2.25. The lowest BCUT2D eigenvalue weighted by molar-refractivity contribution is 0.582. The van der Waals surface area contributed by atoms with Gasteiger partial charge in [0.05, 0.1) is 0 Å². The van der Waals surface area contributed by atoms with Gasteiger partial charge in [-0.05, 0) is 36.4 Å². The van der Waals surface area contributed by atoms with Crippen molar-refractivity contribution in [3.63, 3.8) is 0 Å². The van der Waals surface area contributed by atoms with Crippen LogP contribution in [0, 0.1) is 11.8 Å². The molecule has 0 aliphatic heterocycles. The largest absolute Gasteiger partial charge is 0.309 e. The second-order valence-corrected chi connectivity index (χ2v) is 8.91. The van der Waals surface area contributed by atoms with Crippen molar-refractivity contribution in [3.8, 4) is 0 Å². The van der Waals surface area contributed by atoms with Crippen molar-refractivity contribution in [1.29, 1.82) is 0 Å². The molecule has 2 unspecified atom stereocenters. The van der Waals surface area contributed by atoms with Crippen LogP contribution in [0.25, 0.3) is 0 Å². The number of hydrogen-bond acceptors (Lipinski definition) is 1. The highest BCUT2D eigenvalue weighted by molar-refractivity contribution is 7.82. The van der Waals surface area contributed by atoms with Crippen molar-refractivity contribution in [1.82, 2.24) is 0 Å². The molecule has 2 aromatic carbocycles. The molecular weight excluding hydrogens is 275 g/mol. The second-order valence-electron chi connectivity index (χ2n) is 6.14. The quantitative estimate of drug-likeness (QED) is 0.771. The Bertz CT molecular complexity index is 674. The van der Waals surface area contributed by atoms with Crippen molar-refractivity contribution in [2.24, 2.45) is 11.8 Å². The molecular formula is C19H19OP. The molecule has 21 heavy (non-hydrogen) atoms. The molecule has 106 valence electrons. The van der Waals surface area contributed by atoms with Crippen molar-refractivity contribution in [2.75, 3.05) is 0 Å². The number of rotatable bonds is 3. The van der Waals surface area contributed by atoms with Gasteiger partial charge in [0.2, 0.25) is 0 Å². The Labute approximate surface area is 126 Å². The Morgan fingerprint density at radius 2 is 1.38 bits per heavy atom. The molecule has 2 aliphatic rings. The van der Waals surface area contributed by atoms with E-state index >= 15 is 0 Å². The zero-order chi connectivity index (χ0) is 14.3. The third-order valence-corrected chi connectivity index (χ3v) is 8.19. The van der Waals surface area contributed by atoms with E-state index in [0.29, 0.717) is 11.8 Å². The van der Waals surface area contributed by atoms with E-state index in [1.165, 1.54) is 24.6 Å². The fraction of sp³-hybridized carbons (Fsp3) is 0.263. The van der Waals surface area contributed by atoms with Gasteiger partial charge in [-0.2, -0.15) is 0 Å². The summed E-state index contributed by atoms with van der Waals surface area (Å²) >= 11 is 0. The maximum Gasteiger partial charge on any atom is 0.167 e. The summed E-state index contributed by atoms with van der Waals surface area (Å²) in [7, 11) is -2.65. The topological polar surface area (TPSA) is 17.1 Å². The van der Waals surface area contributed by atoms with Crippen LogP contribution in [0.5, 0.6) is 0 Å². The predicted molar refractivity (Wildman–Crippen MR) is 88.7 cm³/mol. The van der Waals surface area contributed by atoms with E-state index < -0.39 is 7.14 Å². The minimum atomic E-state index is -2.65. The summed E-state index contributed by atoms with van der Waals surface area (Å²) in [5.74, 6) is 1.19. The molecule has 1 nitrogen and oxygen atoms in total. The van der Waals surface area contributed by atoms with Crippen LogP contribution < -0.4 is 10.6 Å². The number of fused-ring (bicyclic) bond motifs is 2. The second kappa shape index (κ2) is 5.00. The molecule has 2 aliphatic carbocycles. The van der Waals surface area contributed by atoms with Gasteiger partial charge >= 0.3 is 0 Å². The molecule has 4 rings (SSSR count). The molecule has 0 amide bonds. The van der Waals surface area contributed by atoms with Crippen LogP contribution in [0.4, 0.5) is 0 Å². The van der Waals surface area contributed by atoms with Crippen LogP contribution in [-0.2, 0) is 4.57 Å². The molecule has 1 saturated carbocycles. The lowest BCUT2D eigenvalue weighted by Crippen LogP contribution is -2.19. The zero-order valence-electron chi connectivity index (χ0n) is 12.0. The normalized spacial score (nSPS) is 24.1. The Balaban J connectivity index is 1.92. The highest BCUT2D eigenvalue weighted by Crippen LogP contribution is 2.62. The molecule has 2 bridgehead atoms. The fourth-order valence-corrected chi connectivity index (χ4v) is 7.15. The van der Waals surface area contributed by atoms with Gasteiger partial charge in [-0.15, -0.1) is 0 Å². The van der Waals surface area contributed by atoms with Crippen molar-refractivity contribution < 1.29 is 4.57 Å². The van der Waals surface area contributed by atoms with Gasteiger partial charge in [-0.25, -0.2) is 0 Å².